The molecule has 0 spiro atoms. The first kappa shape index (κ1) is 16.4. The van der Waals surface area contributed by atoms with Gasteiger partial charge >= 0.3 is 0 Å². The molecule has 0 aliphatic carbocycles. The van der Waals surface area contributed by atoms with Crippen molar-refractivity contribution in [1.82, 2.24) is 5.32 Å². The molecule has 2 rings (SSSR count). The zero-order valence-electron chi connectivity index (χ0n) is 11.4. The summed E-state index contributed by atoms with van der Waals surface area (Å²) in [7, 11) is 0. The molecule has 1 aromatic carbocycles. The summed E-state index contributed by atoms with van der Waals surface area (Å²) in [5.74, 6) is 2.51. The first-order valence-corrected chi connectivity index (χ1v) is 9.32. The summed E-state index contributed by atoms with van der Waals surface area (Å²) in [6.07, 6.45) is 0. The van der Waals surface area contributed by atoms with E-state index in [9.17, 15) is 4.79 Å². The van der Waals surface area contributed by atoms with Crippen LogP contribution in [0.25, 0.3) is 0 Å². The third-order valence-electron chi connectivity index (χ3n) is 2.58. The third-order valence-corrected chi connectivity index (χ3v) is 5.17. The van der Waals surface area contributed by atoms with E-state index in [1.807, 2.05) is 36.0 Å². The Labute approximate surface area is 141 Å². The quantitative estimate of drug-likeness (QED) is 0.699. The van der Waals surface area contributed by atoms with E-state index in [2.05, 4.69) is 38.8 Å². The minimum atomic E-state index is -0.0883. The molecular weight excluding hydrogens is 370 g/mol. The van der Waals surface area contributed by atoms with Crippen molar-refractivity contribution >= 4 is 44.9 Å². The smallest absolute Gasteiger partial charge is 0.257 e. The van der Waals surface area contributed by atoms with Crippen LogP contribution in [0.2, 0.25) is 0 Å². The number of thiophene rings is 1. The molecule has 0 aliphatic heterocycles. The van der Waals surface area contributed by atoms with Crippen LogP contribution < -0.4 is 10.1 Å². The molecule has 0 atom stereocenters. The molecule has 1 heterocycles. The second-order valence-electron chi connectivity index (χ2n) is 4.22. The summed E-state index contributed by atoms with van der Waals surface area (Å²) in [6.45, 7) is 0.718. The Balaban J connectivity index is 1.54. The molecule has 6 heteroatoms. The first-order chi connectivity index (χ1) is 10.2. The van der Waals surface area contributed by atoms with Crippen molar-refractivity contribution in [2.45, 2.75) is 5.75 Å². The molecule has 0 aliphatic rings. The van der Waals surface area contributed by atoms with E-state index < -0.39 is 0 Å². The Kier molecular flexibility index (Phi) is 7.12. The molecule has 21 heavy (non-hydrogen) atoms. The molecule has 1 N–H and O–H groups in total. The zero-order chi connectivity index (χ0) is 14.9. The average molecular weight is 386 g/mol. The minimum Gasteiger partial charge on any atom is -0.484 e. The van der Waals surface area contributed by atoms with Gasteiger partial charge in [0.05, 0.1) is 0 Å². The molecule has 1 amide bonds. The second-order valence-corrected chi connectivity index (χ2v) is 7.28. The monoisotopic (exact) mass is 385 g/mol. The largest absolute Gasteiger partial charge is 0.484 e. The van der Waals surface area contributed by atoms with E-state index in [4.69, 9.17) is 4.74 Å². The number of ether oxygens (including phenoxy) is 1. The zero-order valence-corrected chi connectivity index (χ0v) is 14.6. The fraction of sp³-hybridized carbons (Fsp3) is 0.267. The number of amides is 1. The van der Waals surface area contributed by atoms with Crippen molar-refractivity contribution in [3.05, 3.63) is 51.1 Å². The molecular formula is C15H16BrNO2S2. The van der Waals surface area contributed by atoms with Crippen molar-refractivity contribution < 1.29 is 9.53 Å². The third kappa shape index (κ3) is 6.54. The fourth-order valence-electron chi connectivity index (χ4n) is 1.56. The van der Waals surface area contributed by atoms with Gasteiger partial charge in [0.2, 0.25) is 0 Å². The topological polar surface area (TPSA) is 38.3 Å². The maximum absolute atomic E-state index is 11.6. The average Bonchev–Trinajstić information content (AvgIpc) is 2.99. The van der Waals surface area contributed by atoms with Crippen LogP contribution in [-0.2, 0) is 10.5 Å². The van der Waals surface area contributed by atoms with Crippen LogP contribution >= 0.6 is 39.0 Å². The van der Waals surface area contributed by atoms with Gasteiger partial charge in [-0.15, -0.1) is 11.3 Å². The van der Waals surface area contributed by atoms with Gasteiger partial charge in [0.1, 0.15) is 5.75 Å². The van der Waals surface area contributed by atoms with Crippen LogP contribution in [0.15, 0.2) is 46.3 Å². The summed E-state index contributed by atoms with van der Waals surface area (Å²) >= 11 is 6.93. The molecule has 2 aromatic rings. The Bertz CT molecular complexity index is 543. The fourth-order valence-corrected chi connectivity index (χ4v) is 3.52. The molecule has 0 fully saturated rings. The van der Waals surface area contributed by atoms with E-state index in [1.54, 1.807) is 11.3 Å². The van der Waals surface area contributed by atoms with Gasteiger partial charge in [0.25, 0.3) is 5.91 Å². The van der Waals surface area contributed by atoms with Crippen molar-refractivity contribution in [2.75, 3.05) is 18.9 Å². The lowest BCUT2D eigenvalue weighted by Crippen LogP contribution is -2.30. The van der Waals surface area contributed by atoms with Crippen LogP contribution in [0.1, 0.15) is 4.88 Å². The van der Waals surface area contributed by atoms with Gasteiger partial charge in [0, 0.05) is 27.4 Å². The summed E-state index contributed by atoms with van der Waals surface area (Å²) in [5, 5.41) is 4.93. The van der Waals surface area contributed by atoms with E-state index in [0.717, 1.165) is 16.0 Å². The molecule has 0 unspecified atom stereocenters. The van der Waals surface area contributed by atoms with Crippen molar-refractivity contribution in [3.8, 4) is 5.75 Å². The number of thioether (sulfide) groups is 1. The standard InChI is InChI=1S/C15H16BrNO2S2/c16-12-3-5-13(6-4-12)19-10-15(18)17-7-9-20-11-14-2-1-8-21-14/h1-6,8H,7,9-11H2,(H,17,18). The molecule has 0 saturated carbocycles. The van der Waals surface area contributed by atoms with Gasteiger partial charge in [-0.3, -0.25) is 4.79 Å². The van der Waals surface area contributed by atoms with E-state index in [-0.39, 0.29) is 12.5 Å². The number of hydrogen-bond acceptors (Lipinski definition) is 4. The van der Waals surface area contributed by atoms with Gasteiger partial charge in [-0.1, -0.05) is 22.0 Å². The lowest BCUT2D eigenvalue weighted by Gasteiger charge is -2.07. The van der Waals surface area contributed by atoms with Crippen molar-refractivity contribution in [1.29, 1.82) is 0 Å². The van der Waals surface area contributed by atoms with Gasteiger partial charge in [-0.25, -0.2) is 0 Å². The maximum atomic E-state index is 11.6. The molecule has 0 saturated heterocycles. The van der Waals surface area contributed by atoms with Gasteiger partial charge < -0.3 is 10.1 Å². The lowest BCUT2D eigenvalue weighted by molar-refractivity contribution is -0.122. The van der Waals surface area contributed by atoms with Crippen molar-refractivity contribution in [2.24, 2.45) is 0 Å². The van der Waals surface area contributed by atoms with Crippen LogP contribution in [0.5, 0.6) is 5.75 Å². The van der Waals surface area contributed by atoms with Crippen molar-refractivity contribution in [3.63, 3.8) is 0 Å². The number of carbonyl (C=O) groups is 1. The highest BCUT2D eigenvalue weighted by Crippen LogP contribution is 2.17. The van der Waals surface area contributed by atoms with E-state index in [1.165, 1.54) is 4.88 Å². The lowest BCUT2D eigenvalue weighted by atomic mass is 10.3. The van der Waals surface area contributed by atoms with Gasteiger partial charge in [-0.2, -0.15) is 11.8 Å². The molecule has 0 radical (unpaired) electrons. The highest BCUT2D eigenvalue weighted by Gasteiger charge is 2.02. The van der Waals surface area contributed by atoms with Crippen LogP contribution in [-0.4, -0.2) is 24.8 Å². The van der Waals surface area contributed by atoms with Crippen LogP contribution in [0.4, 0.5) is 0 Å². The van der Waals surface area contributed by atoms with Crippen LogP contribution in [0, 0.1) is 0 Å². The number of hydrogen-bond donors (Lipinski definition) is 1. The van der Waals surface area contributed by atoms with Gasteiger partial charge in [0.15, 0.2) is 6.61 Å². The number of halogens is 1. The Morgan fingerprint density at radius 3 is 2.81 bits per heavy atom. The first-order valence-electron chi connectivity index (χ1n) is 6.49. The molecule has 112 valence electrons. The Morgan fingerprint density at radius 1 is 1.29 bits per heavy atom. The molecule has 0 bridgehead atoms. The SMILES string of the molecule is O=C(COc1ccc(Br)cc1)NCCSCc1cccs1. The highest BCUT2D eigenvalue weighted by molar-refractivity contribution is 9.10. The maximum Gasteiger partial charge on any atom is 0.257 e. The minimum absolute atomic E-state index is 0.0528. The second kappa shape index (κ2) is 9.12. The Morgan fingerprint density at radius 2 is 2.10 bits per heavy atom. The number of nitrogens with one attached hydrogen (secondary N) is 1. The summed E-state index contributed by atoms with van der Waals surface area (Å²) in [5.41, 5.74) is 0. The highest BCUT2D eigenvalue weighted by atomic mass is 79.9. The van der Waals surface area contributed by atoms with Gasteiger partial charge in [-0.05, 0) is 35.7 Å². The molecule has 3 nitrogen and oxygen atoms in total. The Hall–Kier alpha value is -0.980. The number of rotatable bonds is 8. The van der Waals surface area contributed by atoms with E-state index in [0.29, 0.717) is 12.3 Å². The number of benzene rings is 1. The van der Waals surface area contributed by atoms with Crippen LogP contribution in [0.3, 0.4) is 0 Å². The predicted molar refractivity (Wildman–Crippen MR) is 93.1 cm³/mol. The summed E-state index contributed by atoms with van der Waals surface area (Å²) in [4.78, 5) is 13.0. The van der Waals surface area contributed by atoms with E-state index >= 15 is 0 Å². The summed E-state index contributed by atoms with van der Waals surface area (Å²) in [6, 6.07) is 11.6. The number of carbonyl (C=O) groups excluding carboxylic acids is 1. The predicted octanol–water partition coefficient (Wildman–Crippen LogP) is 3.94. The molecule has 1 aromatic heterocycles. The summed E-state index contributed by atoms with van der Waals surface area (Å²) < 4.78 is 6.39. The normalized spacial score (nSPS) is 10.3.